The Bertz CT molecular complexity index is 464. The number of carbonyl (C=O) groups is 1. The molecule has 1 aromatic carbocycles. The number of carbonyl (C=O) groups excluding carboxylic acids is 1. The zero-order valence-electron chi connectivity index (χ0n) is 8.91. The van der Waals surface area contributed by atoms with Crippen LogP contribution >= 0.6 is 15.9 Å². The van der Waals surface area contributed by atoms with E-state index < -0.39 is 22.4 Å². The molecule has 1 aromatic rings. The van der Waals surface area contributed by atoms with Gasteiger partial charge in [-0.15, -0.1) is 0 Å². The molecule has 1 rings (SSSR count). The van der Waals surface area contributed by atoms with Gasteiger partial charge in [-0.05, 0) is 24.6 Å². The second-order valence-electron chi connectivity index (χ2n) is 3.09. The lowest BCUT2D eigenvalue weighted by Crippen LogP contribution is -2.10. The highest BCUT2D eigenvalue weighted by molar-refractivity contribution is 9.08. The van der Waals surface area contributed by atoms with Gasteiger partial charge in [-0.3, -0.25) is 10.1 Å². The van der Waals surface area contributed by atoms with Crippen molar-refractivity contribution < 1.29 is 18.8 Å². The predicted molar refractivity (Wildman–Crippen MR) is 61.6 cm³/mol. The monoisotopic (exact) mass is 305 g/mol. The Kier molecular flexibility index (Phi) is 4.56. The quantitative estimate of drug-likeness (QED) is 0.371. The minimum absolute atomic E-state index is 0.0656. The van der Waals surface area contributed by atoms with Crippen molar-refractivity contribution in [1.82, 2.24) is 0 Å². The molecule has 0 atom stereocenters. The van der Waals surface area contributed by atoms with Crippen molar-refractivity contribution in [3.63, 3.8) is 0 Å². The van der Waals surface area contributed by atoms with E-state index in [1.165, 1.54) is 6.07 Å². The maximum atomic E-state index is 13.5. The van der Waals surface area contributed by atoms with Crippen molar-refractivity contribution in [2.75, 3.05) is 6.61 Å². The SMILES string of the molecule is CCOC(=O)c1cc(CBr)cc(F)c1[N+](=O)[O-]. The fourth-order valence-electron chi connectivity index (χ4n) is 1.28. The molecule has 7 heteroatoms. The molecule has 0 aromatic heterocycles. The van der Waals surface area contributed by atoms with Gasteiger partial charge in [0.15, 0.2) is 0 Å². The Morgan fingerprint density at radius 2 is 2.24 bits per heavy atom. The van der Waals surface area contributed by atoms with Crippen LogP contribution in [0.15, 0.2) is 12.1 Å². The molecule has 0 aliphatic rings. The highest BCUT2D eigenvalue weighted by atomic mass is 79.9. The van der Waals surface area contributed by atoms with E-state index in [0.29, 0.717) is 5.56 Å². The molecule has 17 heavy (non-hydrogen) atoms. The summed E-state index contributed by atoms with van der Waals surface area (Å²) in [6, 6.07) is 2.25. The van der Waals surface area contributed by atoms with E-state index in [4.69, 9.17) is 0 Å². The van der Waals surface area contributed by atoms with E-state index in [0.717, 1.165) is 6.07 Å². The smallest absolute Gasteiger partial charge is 0.345 e. The summed E-state index contributed by atoms with van der Waals surface area (Å²) in [6.45, 7) is 1.63. The molecule has 5 nitrogen and oxygen atoms in total. The van der Waals surface area contributed by atoms with Gasteiger partial charge < -0.3 is 4.74 Å². The van der Waals surface area contributed by atoms with E-state index in [1.807, 2.05) is 0 Å². The van der Waals surface area contributed by atoms with E-state index in [9.17, 15) is 19.3 Å². The second-order valence-corrected chi connectivity index (χ2v) is 3.65. The number of hydrogen-bond acceptors (Lipinski definition) is 4. The lowest BCUT2D eigenvalue weighted by atomic mass is 10.1. The number of nitro groups is 1. The van der Waals surface area contributed by atoms with Gasteiger partial charge in [-0.25, -0.2) is 4.79 Å². The molecule has 0 spiro atoms. The van der Waals surface area contributed by atoms with Gasteiger partial charge in [0, 0.05) is 5.33 Å². The Morgan fingerprint density at radius 1 is 1.59 bits per heavy atom. The van der Waals surface area contributed by atoms with Crippen LogP contribution in [0.1, 0.15) is 22.8 Å². The summed E-state index contributed by atoms with van der Waals surface area (Å²) in [4.78, 5) is 21.2. The topological polar surface area (TPSA) is 69.4 Å². The molecule has 0 aliphatic heterocycles. The number of nitro benzene ring substituents is 1. The molecule has 92 valence electrons. The fourth-order valence-corrected chi connectivity index (χ4v) is 1.61. The molecule has 0 fully saturated rings. The van der Waals surface area contributed by atoms with Crippen molar-refractivity contribution in [2.45, 2.75) is 12.3 Å². The Balaban J connectivity index is 3.37. The van der Waals surface area contributed by atoms with Crippen molar-refractivity contribution in [1.29, 1.82) is 0 Å². The third kappa shape index (κ3) is 3.00. The first-order valence-corrected chi connectivity index (χ1v) is 5.83. The highest BCUT2D eigenvalue weighted by Crippen LogP contribution is 2.26. The van der Waals surface area contributed by atoms with Crippen LogP contribution in [0.2, 0.25) is 0 Å². The maximum absolute atomic E-state index is 13.5. The van der Waals surface area contributed by atoms with Crippen molar-refractivity contribution in [2.24, 2.45) is 0 Å². The number of rotatable bonds is 4. The number of ether oxygens (including phenoxy) is 1. The summed E-state index contributed by atoms with van der Waals surface area (Å²) in [5.41, 5.74) is -0.796. The van der Waals surface area contributed by atoms with E-state index in [-0.39, 0.29) is 17.5 Å². The average Bonchev–Trinajstić information content (AvgIpc) is 2.27. The Labute approximate surface area is 105 Å². The fraction of sp³-hybridized carbons (Fsp3) is 0.300. The summed E-state index contributed by atoms with van der Waals surface area (Å²) in [6.07, 6.45) is 0. The zero-order chi connectivity index (χ0) is 13.0. The first-order chi connectivity index (χ1) is 8.01. The van der Waals surface area contributed by atoms with Crippen LogP contribution in [0.25, 0.3) is 0 Å². The molecule has 0 heterocycles. The number of halogens is 2. The minimum Gasteiger partial charge on any atom is -0.462 e. The van der Waals surface area contributed by atoms with Crippen LogP contribution in [-0.4, -0.2) is 17.5 Å². The van der Waals surface area contributed by atoms with Gasteiger partial charge in [0.25, 0.3) is 0 Å². The molecule has 0 N–H and O–H groups in total. The van der Waals surface area contributed by atoms with Crippen LogP contribution in [0.4, 0.5) is 10.1 Å². The minimum atomic E-state index is -1.05. The number of hydrogen-bond donors (Lipinski definition) is 0. The Morgan fingerprint density at radius 3 is 2.71 bits per heavy atom. The van der Waals surface area contributed by atoms with Gasteiger partial charge in [0.2, 0.25) is 5.82 Å². The lowest BCUT2D eigenvalue weighted by molar-refractivity contribution is -0.387. The van der Waals surface area contributed by atoms with Crippen LogP contribution in [-0.2, 0) is 10.1 Å². The molecule has 0 bridgehead atoms. The van der Waals surface area contributed by atoms with Crippen molar-refractivity contribution >= 4 is 27.6 Å². The molecule has 0 saturated carbocycles. The number of benzene rings is 1. The molecule has 0 unspecified atom stereocenters. The molecular formula is C10H9BrFNO4. The summed E-state index contributed by atoms with van der Waals surface area (Å²) in [5, 5.41) is 11.0. The van der Waals surface area contributed by atoms with Crippen LogP contribution in [0.3, 0.4) is 0 Å². The summed E-state index contributed by atoms with van der Waals surface area (Å²) < 4.78 is 18.1. The Hall–Kier alpha value is -1.50. The predicted octanol–water partition coefficient (Wildman–Crippen LogP) is 2.81. The van der Waals surface area contributed by atoms with Crippen LogP contribution < -0.4 is 0 Å². The number of esters is 1. The highest BCUT2D eigenvalue weighted by Gasteiger charge is 2.27. The normalized spacial score (nSPS) is 10.1. The maximum Gasteiger partial charge on any atom is 0.345 e. The number of nitrogens with zero attached hydrogens (tertiary/aromatic N) is 1. The largest absolute Gasteiger partial charge is 0.462 e. The van der Waals surface area contributed by atoms with E-state index >= 15 is 0 Å². The molecule has 0 saturated heterocycles. The van der Waals surface area contributed by atoms with E-state index in [2.05, 4.69) is 20.7 Å². The molecule has 0 amide bonds. The summed E-state index contributed by atoms with van der Waals surface area (Å²) >= 11 is 3.09. The van der Waals surface area contributed by atoms with Gasteiger partial charge in [-0.2, -0.15) is 4.39 Å². The molecule has 0 radical (unpaired) electrons. The lowest BCUT2D eigenvalue weighted by Gasteiger charge is -2.05. The van der Waals surface area contributed by atoms with Crippen molar-refractivity contribution in [3.8, 4) is 0 Å². The van der Waals surface area contributed by atoms with Gasteiger partial charge in [-0.1, -0.05) is 15.9 Å². The first-order valence-electron chi connectivity index (χ1n) is 4.71. The van der Waals surface area contributed by atoms with Crippen LogP contribution in [0, 0.1) is 15.9 Å². The summed E-state index contributed by atoms with van der Waals surface area (Å²) in [5.74, 6) is -1.95. The van der Waals surface area contributed by atoms with Gasteiger partial charge in [0.05, 0.1) is 11.5 Å². The standard InChI is InChI=1S/C10H9BrFNO4/c1-2-17-10(14)7-3-6(5-11)4-8(12)9(7)13(15)16/h3-4H,2,5H2,1H3. The molecule has 0 aliphatic carbocycles. The average molecular weight is 306 g/mol. The second kappa shape index (κ2) is 5.72. The zero-order valence-corrected chi connectivity index (χ0v) is 10.5. The third-order valence-corrected chi connectivity index (χ3v) is 2.60. The molecular weight excluding hydrogens is 297 g/mol. The van der Waals surface area contributed by atoms with Crippen molar-refractivity contribution in [3.05, 3.63) is 39.2 Å². The summed E-state index contributed by atoms with van der Waals surface area (Å²) in [7, 11) is 0. The van der Waals surface area contributed by atoms with Crippen LogP contribution in [0.5, 0.6) is 0 Å². The van der Waals surface area contributed by atoms with Gasteiger partial charge in [0.1, 0.15) is 5.56 Å². The first kappa shape index (κ1) is 13.6. The van der Waals surface area contributed by atoms with Gasteiger partial charge >= 0.3 is 11.7 Å². The third-order valence-electron chi connectivity index (χ3n) is 1.96. The number of alkyl halides is 1. The van der Waals surface area contributed by atoms with E-state index in [1.54, 1.807) is 6.92 Å².